The van der Waals surface area contributed by atoms with Gasteiger partial charge < -0.3 is 14.2 Å². The molecule has 1 atom stereocenters. The zero-order valence-electron chi connectivity index (χ0n) is 14.5. The molecule has 2 saturated heterocycles. The maximum absolute atomic E-state index is 13.0. The van der Waals surface area contributed by atoms with Crippen molar-refractivity contribution in [2.24, 2.45) is 7.05 Å². The maximum Gasteiger partial charge on any atom is 0.410 e. The maximum atomic E-state index is 13.0. The van der Waals surface area contributed by atoms with Crippen molar-refractivity contribution in [2.45, 2.75) is 12.0 Å². The zero-order chi connectivity index (χ0) is 18.3. The van der Waals surface area contributed by atoms with Gasteiger partial charge in [-0.1, -0.05) is 41.9 Å². The van der Waals surface area contributed by atoms with Crippen molar-refractivity contribution in [3.8, 4) is 0 Å². The number of piperazine rings is 1. The second-order valence-corrected chi connectivity index (χ2v) is 7.41. The van der Waals surface area contributed by atoms with Gasteiger partial charge in [0.2, 0.25) is 0 Å². The Morgan fingerprint density at radius 1 is 1.27 bits per heavy atom. The minimum Gasteiger partial charge on any atom is -0.447 e. The predicted molar refractivity (Wildman–Crippen MR) is 97.3 cm³/mol. The van der Waals surface area contributed by atoms with Crippen molar-refractivity contribution >= 4 is 23.6 Å². The van der Waals surface area contributed by atoms with Crippen molar-refractivity contribution in [1.29, 1.82) is 0 Å². The summed E-state index contributed by atoms with van der Waals surface area (Å²) < 4.78 is 7.09. The summed E-state index contributed by atoms with van der Waals surface area (Å²) in [5.74, 6) is -0.0779. The molecule has 3 heterocycles. The number of nitrogens with zero attached hydrogens (tertiary/aromatic N) is 3. The van der Waals surface area contributed by atoms with Gasteiger partial charge in [-0.25, -0.2) is 4.79 Å². The fourth-order valence-electron chi connectivity index (χ4n) is 3.91. The van der Waals surface area contributed by atoms with Crippen LogP contribution in [0, 0.1) is 0 Å². The van der Waals surface area contributed by atoms with Gasteiger partial charge in [0.15, 0.2) is 0 Å². The molecule has 0 N–H and O–H groups in total. The van der Waals surface area contributed by atoms with Crippen molar-refractivity contribution < 1.29 is 14.3 Å². The van der Waals surface area contributed by atoms with Crippen LogP contribution in [0.1, 0.15) is 16.1 Å². The molecule has 1 unspecified atom stereocenters. The molecule has 7 heteroatoms. The molecule has 4 rings (SSSR count). The first-order chi connectivity index (χ1) is 12.5. The fraction of sp³-hybridized carbons (Fsp3) is 0.368. The summed E-state index contributed by atoms with van der Waals surface area (Å²) in [5, 5.41) is 0.535. The van der Waals surface area contributed by atoms with E-state index in [4.69, 9.17) is 16.3 Å². The van der Waals surface area contributed by atoms with Crippen LogP contribution in [-0.4, -0.2) is 58.1 Å². The Labute approximate surface area is 156 Å². The molecule has 6 nitrogen and oxygen atoms in total. The molecule has 0 radical (unpaired) electrons. The standard InChI is InChI=1S/C19H20ClN3O3/c1-21-11-15(20)9-16(21)17(24)22-7-8-23-18(25)26-13-19(23,12-22)10-14-5-3-2-4-6-14/h2-6,9,11H,7-8,10,12-13H2,1H3. The number of halogens is 1. The van der Waals surface area contributed by atoms with Gasteiger partial charge in [-0.15, -0.1) is 0 Å². The Morgan fingerprint density at radius 3 is 2.73 bits per heavy atom. The molecule has 0 spiro atoms. The van der Waals surface area contributed by atoms with Crippen LogP contribution in [0.4, 0.5) is 4.79 Å². The number of benzene rings is 1. The molecular formula is C19H20ClN3O3. The van der Waals surface area contributed by atoms with E-state index in [-0.39, 0.29) is 12.0 Å². The Kier molecular flexibility index (Phi) is 4.15. The van der Waals surface area contributed by atoms with Crippen LogP contribution in [0.2, 0.25) is 5.02 Å². The quantitative estimate of drug-likeness (QED) is 0.830. The summed E-state index contributed by atoms with van der Waals surface area (Å²) in [7, 11) is 1.80. The summed E-state index contributed by atoms with van der Waals surface area (Å²) in [6.07, 6.45) is 2.07. The van der Waals surface area contributed by atoms with Gasteiger partial charge >= 0.3 is 6.09 Å². The molecule has 1 aromatic heterocycles. The van der Waals surface area contributed by atoms with E-state index in [1.54, 1.807) is 33.7 Å². The summed E-state index contributed by atoms with van der Waals surface area (Å²) in [4.78, 5) is 28.8. The Bertz CT molecular complexity index is 851. The van der Waals surface area contributed by atoms with Crippen molar-refractivity contribution in [1.82, 2.24) is 14.4 Å². The van der Waals surface area contributed by atoms with Gasteiger partial charge in [-0.05, 0) is 11.6 Å². The third-order valence-electron chi connectivity index (χ3n) is 5.19. The van der Waals surface area contributed by atoms with Crippen LogP contribution in [0.5, 0.6) is 0 Å². The van der Waals surface area contributed by atoms with Crippen molar-refractivity contribution in [3.05, 3.63) is 58.9 Å². The second kappa shape index (κ2) is 6.36. The number of carbonyl (C=O) groups excluding carboxylic acids is 2. The van der Waals surface area contributed by atoms with E-state index in [2.05, 4.69) is 0 Å². The number of ether oxygens (including phenoxy) is 1. The molecule has 1 aromatic carbocycles. The lowest BCUT2D eigenvalue weighted by Gasteiger charge is -2.44. The van der Waals surface area contributed by atoms with Crippen LogP contribution in [0.3, 0.4) is 0 Å². The van der Waals surface area contributed by atoms with Crippen LogP contribution in [0.25, 0.3) is 0 Å². The molecule has 26 heavy (non-hydrogen) atoms. The smallest absolute Gasteiger partial charge is 0.410 e. The third kappa shape index (κ3) is 2.84. The van der Waals surface area contributed by atoms with E-state index in [1.165, 1.54) is 0 Å². The average molecular weight is 374 g/mol. The summed E-state index contributed by atoms with van der Waals surface area (Å²) >= 11 is 6.03. The summed E-state index contributed by atoms with van der Waals surface area (Å²) in [5.41, 5.74) is 1.14. The minimum absolute atomic E-state index is 0.0779. The van der Waals surface area contributed by atoms with E-state index < -0.39 is 5.54 Å². The molecule has 0 saturated carbocycles. The Balaban J connectivity index is 1.62. The highest BCUT2D eigenvalue weighted by Gasteiger charge is 2.51. The normalized spacial score (nSPS) is 22.3. The minimum atomic E-state index is -0.526. The highest BCUT2D eigenvalue weighted by atomic mass is 35.5. The summed E-state index contributed by atoms with van der Waals surface area (Å²) in [6, 6.07) is 11.7. The van der Waals surface area contributed by atoms with E-state index in [1.807, 2.05) is 30.3 Å². The molecule has 2 aliphatic heterocycles. The van der Waals surface area contributed by atoms with E-state index >= 15 is 0 Å². The fourth-order valence-corrected chi connectivity index (χ4v) is 4.16. The van der Waals surface area contributed by atoms with Gasteiger partial charge in [0.05, 0.1) is 5.02 Å². The highest BCUT2D eigenvalue weighted by Crippen LogP contribution is 2.33. The Hall–Kier alpha value is -2.47. The van der Waals surface area contributed by atoms with E-state index in [9.17, 15) is 9.59 Å². The topological polar surface area (TPSA) is 54.8 Å². The molecular weight excluding hydrogens is 354 g/mol. The highest BCUT2D eigenvalue weighted by molar-refractivity contribution is 6.31. The molecule has 2 aliphatic rings. The molecule has 0 aliphatic carbocycles. The van der Waals surface area contributed by atoms with E-state index in [0.717, 1.165) is 5.56 Å². The number of hydrogen-bond donors (Lipinski definition) is 0. The van der Waals surface area contributed by atoms with Crippen LogP contribution < -0.4 is 0 Å². The molecule has 2 aromatic rings. The second-order valence-electron chi connectivity index (χ2n) is 6.97. The molecule has 2 fully saturated rings. The average Bonchev–Trinajstić information content (AvgIpc) is 3.14. The lowest BCUT2D eigenvalue weighted by atomic mass is 9.88. The number of aryl methyl sites for hydroxylation is 1. The first kappa shape index (κ1) is 17.0. The van der Waals surface area contributed by atoms with Crippen LogP contribution in [0.15, 0.2) is 42.6 Å². The first-order valence-corrected chi connectivity index (χ1v) is 8.96. The Morgan fingerprint density at radius 2 is 2.04 bits per heavy atom. The van der Waals surface area contributed by atoms with Crippen LogP contribution in [-0.2, 0) is 18.2 Å². The number of rotatable bonds is 3. The lowest BCUT2D eigenvalue weighted by molar-refractivity contribution is 0.0368. The number of amides is 2. The van der Waals surface area contributed by atoms with Crippen molar-refractivity contribution in [2.75, 3.05) is 26.2 Å². The number of hydrogen-bond acceptors (Lipinski definition) is 3. The number of aromatic nitrogens is 1. The monoisotopic (exact) mass is 373 g/mol. The number of fused-ring (bicyclic) bond motifs is 1. The van der Waals surface area contributed by atoms with Crippen molar-refractivity contribution in [3.63, 3.8) is 0 Å². The molecule has 2 amide bonds. The summed E-state index contributed by atoms with van der Waals surface area (Å²) in [6.45, 7) is 1.68. The van der Waals surface area contributed by atoms with Crippen LogP contribution >= 0.6 is 11.6 Å². The lowest BCUT2D eigenvalue weighted by Crippen LogP contribution is -2.63. The molecule has 136 valence electrons. The number of carbonyl (C=O) groups is 2. The SMILES string of the molecule is Cn1cc(Cl)cc1C(=O)N1CCN2C(=O)OCC2(Cc2ccccc2)C1. The van der Waals surface area contributed by atoms with Gasteiger partial charge in [-0.3, -0.25) is 9.69 Å². The largest absolute Gasteiger partial charge is 0.447 e. The number of cyclic esters (lactones) is 1. The zero-order valence-corrected chi connectivity index (χ0v) is 15.3. The molecule has 0 bridgehead atoms. The van der Waals surface area contributed by atoms with E-state index in [0.29, 0.717) is 43.4 Å². The van der Waals surface area contributed by atoms with Gasteiger partial charge in [0.1, 0.15) is 17.8 Å². The van der Waals surface area contributed by atoms with Gasteiger partial charge in [-0.2, -0.15) is 0 Å². The first-order valence-electron chi connectivity index (χ1n) is 8.58. The van der Waals surface area contributed by atoms with Gasteiger partial charge in [0.25, 0.3) is 5.91 Å². The van der Waals surface area contributed by atoms with Gasteiger partial charge in [0, 0.05) is 39.3 Å². The third-order valence-corrected chi connectivity index (χ3v) is 5.40. The predicted octanol–water partition coefficient (Wildman–Crippen LogP) is 2.57.